The van der Waals surface area contributed by atoms with E-state index in [0.717, 1.165) is 62.9 Å². The Kier molecular flexibility index (Phi) is 7.08. The van der Waals surface area contributed by atoms with E-state index in [2.05, 4.69) is 93.2 Å². The number of hydrogen-bond acceptors (Lipinski definition) is 4. The Labute approximate surface area is 296 Å². The van der Waals surface area contributed by atoms with Gasteiger partial charge in [-0.3, -0.25) is 4.79 Å². The van der Waals surface area contributed by atoms with Gasteiger partial charge in [-0.25, -0.2) is 0 Å². The van der Waals surface area contributed by atoms with Crippen LogP contribution in [-0.2, 0) is 14.9 Å². The number of esters is 1. The predicted molar refractivity (Wildman–Crippen MR) is 198 cm³/mol. The molecule has 4 nitrogen and oxygen atoms in total. The summed E-state index contributed by atoms with van der Waals surface area (Å²) in [6, 6.07) is 2.43. The molecule has 4 fully saturated rings. The Balaban J connectivity index is 1.21. The highest BCUT2D eigenvalue weighted by molar-refractivity contribution is 5.76. The van der Waals surface area contributed by atoms with Gasteiger partial charge < -0.3 is 14.2 Å². The van der Waals surface area contributed by atoms with Gasteiger partial charge in [0.05, 0.1) is 12.5 Å². The molecule has 0 bridgehead atoms. The van der Waals surface area contributed by atoms with Crippen molar-refractivity contribution in [2.45, 2.75) is 150 Å². The maximum atomic E-state index is 13.2. The molecule has 0 aromatic heterocycles. The lowest BCUT2D eigenvalue weighted by atomic mass is 9.33. The second-order valence-corrected chi connectivity index (χ2v) is 19.6. The number of benzene rings is 1. The Hall–Kier alpha value is -2.49. The van der Waals surface area contributed by atoms with Crippen molar-refractivity contribution in [3.63, 3.8) is 0 Å². The molecule has 11 atom stereocenters. The highest BCUT2D eigenvalue weighted by Gasteiger charge is 2.69. The van der Waals surface area contributed by atoms with Crippen molar-refractivity contribution >= 4 is 12.0 Å². The summed E-state index contributed by atoms with van der Waals surface area (Å²) in [6.45, 7) is 26.1. The van der Waals surface area contributed by atoms with Crippen molar-refractivity contribution in [1.82, 2.24) is 0 Å². The molecule has 1 heterocycles. The van der Waals surface area contributed by atoms with E-state index >= 15 is 0 Å². The zero-order valence-electron chi connectivity index (χ0n) is 32.2. The summed E-state index contributed by atoms with van der Waals surface area (Å²) >= 11 is 0. The molecule has 0 radical (unpaired) electrons. The number of hydrogen-bond donors (Lipinski definition) is 0. The third-order valence-corrected chi connectivity index (χ3v) is 17.4. The van der Waals surface area contributed by atoms with Crippen LogP contribution in [-0.4, -0.2) is 24.3 Å². The molecule has 0 amide bonds. The standard InChI is InChI=1S/C45H62O4/c1-27(2)31-13-12-28(3)44-17-16-29(4)45(44,25-31)48-34-24-33-32(30(5)37(34)49-44)14-15-35-41(33,8)21-23-43(10)36-26-40(7,38(46)47-11)19-18-39(36,6)20-22-42(35,43)9/h14-16,24,28,31,35-36H,1,12-13,17-23,25-26H2,2-11H3. The van der Waals surface area contributed by atoms with Crippen LogP contribution in [0.15, 0.2) is 35.9 Å². The third kappa shape index (κ3) is 4.01. The Bertz CT molecular complexity index is 1700. The van der Waals surface area contributed by atoms with Gasteiger partial charge in [-0.2, -0.15) is 0 Å². The minimum Gasteiger partial charge on any atom is -0.478 e. The van der Waals surface area contributed by atoms with Crippen molar-refractivity contribution in [3.8, 4) is 11.5 Å². The molecule has 266 valence electrons. The molecule has 0 N–H and O–H groups in total. The van der Waals surface area contributed by atoms with Crippen LogP contribution in [0.5, 0.6) is 11.5 Å². The lowest BCUT2D eigenvalue weighted by Gasteiger charge is -2.71. The molecule has 0 saturated heterocycles. The minimum atomic E-state index is -0.469. The number of ether oxygens (including phenoxy) is 3. The number of carbonyl (C=O) groups excluding carboxylic acids is 1. The van der Waals surface area contributed by atoms with E-state index in [4.69, 9.17) is 14.2 Å². The van der Waals surface area contributed by atoms with E-state index in [0.29, 0.717) is 23.7 Å². The summed E-state index contributed by atoms with van der Waals surface area (Å²) < 4.78 is 20.4. The molecular weight excluding hydrogens is 604 g/mol. The van der Waals surface area contributed by atoms with Crippen molar-refractivity contribution in [3.05, 3.63) is 52.6 Å². The van der Waals surface area contributed by atoms with Gasteiger partial charge in [-0.1, -0.05) is 65.0 Å². The predicted octanol–water partition coefficient (Wildman–Crippen LogP) is 11.1. The Morgan fingerprint density at radius 2 is 1.65 bits per heavy atom. The fourth-order valence-corrected chi connectivity index (χ4v) is 13.7. The zero-order valence-corrected chi connectivity index (χ0v) is 32.2. The van der Waals surface area contributed by atoms with Gasteiger partial charge in [0.1, 0.15) is 0 Å². The van der Waals surface area contributed by atoms with E-state index in [1.165, 1.54) is 47.1 Å². The second-order valence-electron chi connectivity index (χ2n) is 19.6. The van der Waals surface area contributed by atoms with Gasteiger partial charge in [0, 0.05) is 29.7 Å². The van der Waals surface area contributed by atoms with E-state index < -0.39 is 11.0 Å². The van der Waals surface area contributed by atoms with E-state index in [1.807, 2.05) is 0 Å². The summed E-state index contributed by atoms with van der Waals surface area (Å²) in [7, 11) is 1.57. The normalized spacial score (nSPS) is 47.6. The quantitative estimate of drug-likeness (QED) is 0.233. The van der Waals surface area contributed by atoms with Crippen LogP contribution in [0, 0.1) is 52.3 Å². The molecular formula is C45H62O4. The van der Waals surface area contributed by atoms with Crippen molar-refractivity contribution in [2.75, 3.05) is 7.11 Å². The summed E-state index contributed by atoms with van der Waals surface area (Å²) in [6.07, 6.45) is 19.3. The van der Waals surface area contributed by atoms with Gasteiger partial charge in [-0.05, 0) is 142 Å². The van der Waals surface area contributed by atoms with Crippen molar-refractivity contribution in [2.24, 2.45) is 45.3 Å². The van der Waals surface area contributed by atoms with E-state index in [1.54, 1.807) is 7.11 Å². The van der Waals surface area contributed by atoms with Crippen molar-refractivity contribution < 1.29 is 19.0 Å². The number of methoxy groups -OCH3 is 1. The lowest BCUT2D eigenvalue weighted by molar-refractivity contribution is -0.205. The SMILES string of the molecule is C=C(C)C1CCC(C)C23CC=C(C)C2(C1)Oc1cc2c(c(C)c1O3)C=CC1C2(C)CCC2(C)C3CC(C)(C(=O)OC)CCC3(C)CCC12C. The summed E-state index contributed by atoms with van der Waals surface area (Å²) in [5.41, 5.74) is 5.86. The van der Waals surface area contributed by atoms with Crippen LogP contribution in [0.1, 0.15) is 143 Å². The summed E-state index contributed by atoms with van der Waals surface area (Å²) in [5, 5.41) is 0. The first kappa shape index (κ1) is 33.6. The molecule has 1 aliphatic heterocycles. The average molecular weight is 667 g/mol. The molecule has 4 heteroatoms. The highest BCUT2D eigenvalue weighted by Crippen LogP contribution is 2.75. The van der Waals surface area contributed by atoms with E-state index in [-0.39, 0.29) is 33.2 Å². The summed E-state index contributed by atoms with van der Waals surface area (Å²) in [5.74, 6) is 3.58. The van der Waals surface area contributed by atoms with Crippen LogP contribution in [0.4, 0.5) is 0 Å². The molecule has 1 aromatic rings. The topological polar surface area (TPSA) is 44.8 Å². The smallest absolute Gasteiger partial charge is 0.311 e. The van der Waals surface area contributed by atoms with Crippen LogP contribution in [0.2, 0.25) is 0 Å². The number of rotatable bonds is 2. The second kappa shape index (κ2) is 10.3. The van der Waals surface area contributed by atoms with Crippen molar-refractivity contribution in [1.29, 1.82) is 0 Å². The maximum absolute atomic E-state index is 13.2. The number of carbonyl (C=O) groups is 1. The van der Waals surface area contributed by atoms with Crippen LogP contribution < -0.4 is 9.47 Å². The van der Waals surface area contributed by atoms with Gasteiger partial charge in [0.15, 0.2) is 22.7 Å². The molecule has 11 unspecified atom stereocenters. The number of allylic oxidation sites excluding steroid dienone is 2. The highest BCUT2D eigenvalue weighted by atomic mass is 16.6. The van der Waals surface area contributed by atoms with E-state index in [9.17, 15) is 4.79 Å². The van der Waals surface area contributed by atoms with Gasteiger partial charge in [0.25, 0.3) is 0 Å². The van der Waals surface area contributed by atoms with Crippen LogP contribution in [0.3, 0.4) is 0 Å². The maximum Gasteiger partial charge on any atom is 0.311 e. The molecule has 49 heavy (non-hydrogen) atoms. The molecule has 7 aliphatic rings. The fraction of sp³-hybridized carbons (Fsp3) is 0.711. The summed E-state index contributed by atoms with van der Waals surface area (Å²) in [4.78, 5) is 13.2. The Morgan fingerprint density at radius 3 is 2.37 bits per heavy atom. The molecule has 6 aliphatic carbocycles. The van der Waals surface area contributed by atoms with Crippen LogP contribution in [0.25, 0.3) is 6.08 Å². The van der Waals surface area contributed by atoms with Gasteiger partial charge >= 0.3 is 5.97 Å². The van der Waals surface area contributed by atoms with Crippen LogP contribution >= 0.6 is 0 Å². The first-order valence-electron chi connectivity index (χ1n) is 19.6. The third-order valence-electron chi connectivity index (χ3n) is 17.4. The number of fused-ring (bicyclic) bond motifs is 8. The zero-order chi connectivity index (χ0) is 35.2. The first-order valence-corrected chi connectivity index (χ1v) is 19.6. The molecule has 0 spiro atoms. The minimum absolute atomic E-state index is 0.0146. The first-order chi connectivity index (χ1) is 22.9. The molecule has 4 saturated carbocycles. The average Bonchev–Trinajstić information content (AvgIpc) is 3.27. The monoisotopic (exact) mass is 666 g/mol. The van der Waals surface area contributed by atoms with Gasteiger partial charge in [0.2, 0.25) is 0 Å². The fourth-order valence-electron chi connectivity index (χ4n) is 13.7. The molecule has 8 rings (SSSR count). The van der Waals surface area contributed by atoms with Gasteiger partial charge in [-0.15, -0.1) is 0 Å². The largest absolute Gasteiger partial charge is 0.478 e. The lowest BCUT2D eigenvalue weighted by Crippen LogP contribution is -2.65. The Morgan fingerprint density at radius 1 is 0.939 bits per heavy atom. The molecule has 1 aromatic carbocycles.